The highest BCUT2D eigenvalue weighted by atomic mass is 16.5. The van der Waals surface area contributed by atoms with Gasteiger partial charge in [-0.25, -0.2) is 0 Å². The molecule has 76 valence electrons. The molecule has 0 N–H and O–H groups in total. The normalized spacial score (nSPS) is 22.1. The first kappa shape index (κ1) is 10.7. The number of methoxy groups -OCH3 is 2. The number of carbonyl (C=O) groups excluding carboxylic acids is 2. The van der Waals surface area contributed by atoms with Crippen LogP contribution in [0.4, 0.5) is 0 Å². The van der Waals surface area contributed by atoms with Gasteiger partial charge in [0.1, 0.15) is 5.76 Å². The number of allylic oxidation sites excluding steroid dienone is 2. The van der Waals surface area contributed by atoms with E-state index < -0.39 is 6.10 Å². The summed E-state index contributed by atoms with van der Waals surface area (Å²) in [5.74, 6) is 0.105. The summed E-state index contributed by atoms with van der Waals surface area (Å²) in [5.41, 5.74) is 0.858. The Hall–Kier alpha value is -1.42. The Balaban J connectivity index is 3.21. The van der Waals surface area contributed by atoms with Crippen LogP contribution in [0.5, 0.6) is 0 Å². The maximum atomic E-state index is 11.6. The topological polar surface area (TPSA) is 52.6 Å². The summed E-state index contributed by atoms with van der Waals surface area (Å²) in [6.45, 7) is 1.64. The van der Waals surface area contributed by atoms with Crippen molar-refractivity contribution in [2.24, 2.45) is 0 Å². The molecule has 0 heterocycles. The summed E-state index contributed by atoms with van der Waals surface area (Å²) in [6, 6.07) is 0. The third-order valence-corrected chi connectivity index (χ3v) is 2.10. The van der Waals surface area contributed by atoms with E-state index in [1.54, 1.807) is 6.92 Å². The largest absolute Gasteiger partial charge is 0.497 e. The summed E-state index contributed by atoms with van der Waals surface area (Å²) >= 11 is 0. The summed E-state index contributed by atoms with van der Waals surface area (Å²) in [4.78, 5) is 22.3. The quantitative estimate of drug-likeness (QED) is 0.621. The van der Waals surface area contributed by atoms with Crippen molar-refractivity contribution >= 4 is 12.1 Å². The first-order chi connectivity index (χ1) is 6.65. The molecule has 0 aromatic rings. The van der Waals surface area contributed by atoms with Crippen LogP contribution in [0.3, 0.4) is 0 Å². The van der Waals surface area contributed by atoms with Crippen LogP contribution >= 0.6 is 0 Å². The van der Waals surface area contributed by atoms with Crippen molar-refractivity contribution in [3.8, 4) is 0 Å². The molecular weight excluding hydrogens is 184 g/mol. The van der Waals surface area contributed by atoms with Gasteiger partial charge in [0.2, 0.25) is 0 Å². The average Bonchev–Trinajstić information content (AvgIpc) is 2.20. The summed E-state index contributed by atoms with van der Waals surface area (Å²) in [6.07, 6.45) is 1.37. The van der Waals surface area contributed by atoms with Gasteiger partial charge in [-0.05, 0) is 18.6 Å². The van der Waals surface area contributed by atoms with Crippen LogP contribution in [0.15, 0.2) is 23.0 Å². The first-order valence-corrected chi connectivity index (χ1v) is 4.14. The van der Waals surface area contributed by atoms with Crippen molar-refractivity contribution in [1.29, 1.82) is 0 Å². The number of rotatable bonds is 3. The Morgan fingerprint density at radius 3 is 2.50 bits per heavy atom. The Morgan fingerprint density at radius 1 is 1.43 bits per heavy atom. The zero-order valence-corrected chi connectivity index (χ0v) is 8.37. The lowest BCUT2D eigenvalue weighted by Gasteiger charge is -2.21. The van der Waals surface area contributed by atoms with Crippen LogP contribution in [0, 0.1) is 0 Å². The van der Waals surface area contributed by atoms with Crippen LogP contribution in [0.1, 0.15) is 6.92 Å². The van der Waals surface area contributed by atoms with Gasteiger partial charge < -0.3 is 9.47 Å². The smallest absolute Gasteiger partial charge is 0.195 e. The molecule has 0 spiro atoms. The molecule has 0 fully saturated rings. The van der Waals surface area contributed by atoms with Gasteiger partial charge in [-0.15, -0.1) is 0 Å². The second-order valence-electron chi connectivity index (χ2n) is 2.95. The van der Waals surface area contributed by atoms with Crippen LogP contribution < -0.4 is 0 Å². The van der Waals surface area contributed by atoms with E-state index in [0.717, 1.165) is 0 Å². The van der Waals surface area contributed by atoms with Crippen molar-refractivity contribution in [3.05, 3.63) is 23.0 Å². The Kier molecular flexibility index (Phi) is 3.19. The van der Waals surface area contributed by atoms with Crippen LogP contribution in [-0.2, 0) is 19.1 Å². The van der Waals surface area contributed by atoms with Gasteiger partial charge in [0.15, 0.2) is 18.2 Å². The van der Waals surface area contributed by atoms with E-state index in [-0.39, 0.29) is 11.5 Å². The molecule has 0 unspecified atom stereocenters. The van der Waals surface area contributed by atoms with E-state index in [1.165, 1.54) is 20.3 Å². The van der Waals surface area contributed by atoms with Gasteiger partial charge >= 0.3 is 0 Å². The molecule has 1 aliphatic carbocycles. The van der Waals surface area contributed by atoms with E-state index in [1.807, 2.05) is 0 Å². The third-order valence-electron chi connectivity index (χ3n) is 2.10. The third kappa shape index (κ3) is 1.61. The minimum atomic E-state index is -0.787. The molecule has 0 saturated carbocycles. The second kappa shape index (κ2) is 4.19. The molecule has 0 amide bonds. The van der Waals surface area contributed by atoms with E-state index in [4.69, 9.17) is 9.47 Å². The Bertz CT molecular complexity index is 325. The highest BCUT2D eigenvalue weighted by molar-refractivity contribution is 6.04. The van der Waals surface area contributed by atoms with Gasteiger partial charge in [0, 0.05) is 7.11 Å². The maximum absolute atomic E-state index is 11.6. The number of aldehydes is 1. The van der Waals surface area contributed by atoms with Gasteiger partial charge in [-0.3, -0.25) is 9.59 Å². The van der Waals surface area contributed by atoms with Crippen molar-refractivity contribution < 1.29 is 19.1 Å². The molecular formula is C10H12O4. The number of hydrogen-bond donors (Lipinski definition) is 0. The van der Waals surface area contributed by atoms with E-state index in [2.05, 4.69) is 0 Å². The van der Waals surface area contributed by atoms with Crippen molar-refractivity contribution in [3.63, 3.8) is 0 Å². The first-order valence-electron chi connectivity index (χ1n) is 4.14. The lowest BCUT2D eigenvalue weighted by atomic mass is 9.95. The Morgan fingerprint density at radius 2 is 2.07 bits per heavy atom. The summed E-state index contributed by atoms with van der Waals surface area (Å²) < 4.78 is 9.95. The van der Waals surface area contributed by atoms with Crippen LogP contribution in [0.2, 0.25) is 0 Å². The van der Waals surface area contributed by atoms with Crippen molar-refractivity contribution in [2.45, 2.75) is 13.0 Å². The van der Waals surface area contributed by atoms with E-state index in [0.29, 0.717) is 17.4 Å². The molecule has 1 rings (SSSR count). The summed E-state index contributed by atoms with van der Waals surface area (Å²) in [7, 11) is 2.81. The van der Waals surface area contributed by atoms with Gasteiger partial charge in [0.25, 0.3) is 0 Å². The minimum absolute atomic E-state index is 0.171. The highest BCUT2D eigenvalue weighted by Crippen LogP contribution is 2.22. The number of hydrogen-bond acceptors (Lipinski definition) is 4. The van der Waals surface area contributed by atoms with Gasteiger partial charge in [0.05, 0.1) is 12.7 Å². The fraction of sp³-hybridized carbons (Fsp3) is 0.400. The lowest BCUT2D eigenvalue weighted by Crippen LogP contribution is -2.31. The monoisotopic (exact) mass is 196 g/mol. The lowest BCUT2D eigenvalue weighted by molar-refractivity contribution is -0.125. The predicted octanol–water partition coefficient (Wildman–Crippen LogP) is 0.630. The molecule has 1 atom stereocenters. The Labute approximate surface area is 82.2 Å². The maximum Gasteiger partial charge on any atom is 0.195 e. The molecule has 0 aromatic carbocycles. The molecule has 0 radical (unpaired) electrons. The highest BCUT2D eigenvalue weighted by Gasteiger charge is 2.30. The van der Waals surface area contributed by atoms with Crippen molar-refractivity contribution in [2.75, 3.05) is 14.2 Å². The zero-order valence-electron chi connectivity index (χ0n) is 8.37. The minimum Gasteiger partial charge on any atom is -0.497 e. The number of carbonyl (C=O) groups is 2. The number of Topliss-reactive ketones (excluding diaryl/α,β-unsaturated/α-hetero) is 1. The molecule has 4 heteroatoms. The summed E-state index contributed by atoms with van der Waals surface area (Å²) in [5, 5.41) is 0. The van der Waals surface area contributed by atoms with Gasteiger partial charge in [-0.1, -0.05) is 0 Å². The van der Waals surface area contributed by atoms with E-state index >= 15 is 0 Å². The predicted molar refractivity (Wildman–Crippen MR) is 49.7 cm³/mol. The number of ketones is 1. The fourth-order valence-corrected chi connectivity index (χ4v) is 1.38. The molecule has 0 bridgehead atoms. The SMILES string of the molecule is COC1=C(C=O)C=C(C)C(=O)[C@H]1OC. The van der Waals surface area contributed by atoms with Crippen molar-refractivity contribution in [1.82, 2.24) is 0 Å². The average molecular weight is 196 g/mol. The molecule has 14 heavy (non-hydrogen) atoms. The standard InChI is InChI=1S/C10H12O4/c1-6-4-7(5-11)9(13-2)10(14-3)8(6)12/h4-5,10H,1-3H3/t10-/m1/s1. The van der Waals surface area contributed by atoms with Gasteiger partial charge in [-0.2, -0.15) is 0 Å². The zero-order chi connectivity index (χ0) is 10.7. The second-order valence-corrected chi connectivity index (χ2v) is 2.95. The van der Waals surface area contributed by atoms with Crippen LogP contribution in [0.25, 0.3) is 0 Å². The number of ether oxygens (including phenoxy) is 2. The molecule has 0 saturated heterocycles. The molecule has 0 aliphatic heterocycles. The molecule has 4 nitrogen and oxygen atoms in total. The molecule has 1 aliphatic rings. The fourth-order valence-electron chi connectivity index (χ4n) is 1.38. The van der Waals surface area contributed by atoms with Crippen LogP contribution in [-0.4, -0.2) is 32.4 Å². The van der Waals surface area contributed by atoms with E-state index in [9.17, 15) is 9.59 Å². The molecule has 0 aromatic heterocycles.